The van der Waals surface area contributed by atoms with Gasteiger partial charge < -0.3 is 5.73 Å². The molecule has 1 aliphatic rings. The van der Waals surface area contributed by atoms with Crippen LogP contribution in [0.15, 0.2) is 6.20 Å². The molecule has 4 heteroatoms. The second-order valence-corrected chi connectivity index (χ2v) is 4.98. The van der Waals surface area contributed by atoms with Crippen molar-refractivity contribution in [3.63, 3.8) is 0 Å². The van der Waals surface area contributed by atoms with Crippen molar-refractivity contribution in [2.24, 2.45) is 18.7 Å². The van der Waals surface area contributed by atoms with Crippen molar-refractivity contribution in [1.29, 1.82) is 0 Å². The largest absolute Gasteiger partial charge is 0.329 e. The van der Waals surface area contributed by atoms with Gasteiger partial charge in [0, 0.05) is 31.9 Å². The van der Waals surface area contributed by atoms with E-state index in [2.05, 4.69) is 30.2 Å². The third-order valence-electron chi connectivity index (χ3n) is 3.41. The third kappa shape index (κ3) is 2.44. The molecule has 1 unspecified atom stereocenters. The van der Waals surface area contributed by atoms with Crippen molar-refractivity contribution in [3.8, 4) is 0 Å². The van der Waals surface area contributed by atoms with Crippen LogP contribution in [0, 0.1) is 12.8 Å². The summed E-state index contributed by atoms with van der Waals surface area (Å²) in [7, 11) is 4.13. The van der Waals surface area contributed by atoms with Crippen LogP contribution in [0.2, 0.25) is 0 Å². The van der Waals surface area contributed by atoms with Crippen LogP contribution in [0.25, 0.3) is 0 Å². The van der Waals surface area contributed by atoms with E-state index in [1.807, 2.05) is 11.7 Å². The van der Waals surface area contributed by atoms with Gasteiger partial charge in [-0.2, -0.15) is 5.10 Å². The summed E-state index contributed by atoms with van der Waals surface area (Å²) in [6.07, 6.45) is 4.86. The topological polar surface area (TPSA) is 47.1 Å². The fraction of sp³-hybridized carbons (Fsp3) is 0.750. The predicted molar refractivity (Wildman–Crippen MR) is 65.1 cm³/mol. The molecule has 1 aromatic heterocycles. The molecule has 0 bridgehead atoms. The highest BCUT2D eigenvalue weighted by Gasteiger charge is 2.27. The molecule has 0 aliphatic heterocycles. The lowest BCUT2D eigenvalue weighted by atomic mass is 10.1. The zero-order chi connectivity index (χ0) is 11.7. The van der Waals surface area contributed by atoms with Gasteiger partial charge in [-0.25, -0.2) is 0 Å². The van der Waals surface area contributed by atoms with Crippen LogP contribution in [0.5, 0.6) is 0 Å². The van der Waals surface area contributed by atoms with Crippen LogP contribution in [-0.4, -0.2) is 34.8 Å². The van der Waals surface area contributed by atoms with Crippen molar-refractivity contribution >= 4 is 0 Å². The highest BCUT2D eigenvalue weighted by atomic mass is 15.3. The molecule has 1 saturated carbocycles. The highest BCUT2D eigenvalue weighted by Crippen LogP contribution is 2.32. The molecule has 4 nitrogen and oxygen atoms in total. The first kappa shape index (κ1) is 11.6. The van der Waals surface area contributed by atoms with E-state index >= 15 is 0 Å². The molecular formula is C12H22N4. The summed E-state index contributed by atoms with van der Waals surface area (Å²) in [6.45, 7) is 3.88. The Balaban J connectivity index is 2.10. The molecular weight excluding hydrogens is 200 g/mol. The molecule has 1 atom stereocenters. The lowest BCUT2D eigenvalue weighted by Gasteiger charge is -2.26. The number of rotatable bonds is 5. The maximum atomic E-state index is 5.90. The van der Waals surface area contributed by atoms with E-state index in [9.17, 15) is 0 Å². The average Bonchev–Trinajstić information content (AvgIpc) is 2.95. The summed E-state index contributed by atoms with van der Waals surface area (Å²) in [5, 5.41) is 4.39. The number of hydrogen-bond acceptors (Lipinski definition) is 3. The molecule has 2 rings (SSSR count). The fourth-order valence-corrected chi connectivity index (χ4v) is 2.32. The van der Waals surface area contributed by atoms with E-state index in [0.29, 0.717) is 12.6 Å². The Hall–Kier alpha value is -0.870. The second-order valence-electron chi connectivity index (χ2n) is 4.98. The molecule has 1 fully saturated rings. The monoisotopic (exact) mass is 222 g/mol. The molecule has 0 radical (unpaired) electrons. The Bertz CT molecular complexity index is 354. The van der Waals surface area contributed by atoms with Crippen LogP contribution >= 0.6 is 0 Å². The van der Waals surface area contributed by atoms with Gasteiger partial charge in [-0.15, -0.1) is 0 Å². The molecule has 0 aromatic carbocycles. The van der Waals surface area contributed by atoms with E-state index in [-0.39, 0.29) is 0 Å². The van der Waals surface area contributed by atoms with Gasteiger partial charge in [-0.05, 0) is 32.7 Å². The SMILES string of the molecule is Cc1nn(C)cc1C(CN)N(C)CC1CC1. The molecule has 2 N–H and O–H groups in total. The van der Waals surface area contributed by atoms with Gasteiger partial charge in [0.05, 0.1) is 11.7 Å². The van der Waals surface area contributed by atoms with Gasteiger partial charge >= 0.3 is 0 Å². The first-order valence-corrected chi connectivity index (χ1v) is 6.02. The fourth-order valence-electron chi connectivity index (χ4n) is 2.32. The highest BCUT2D eigenvalue weighted by molar-refractivity contribution is 5.20. The van der Waals surface area contributed by atoms with Crippen molar-refractivity contribution in [2.75, 3.05) is 20.1 Å². The number of hydrogen-bond donors (Lipinski definition) is 1. The number of likely N-dealkylation sites (N-methyl/N-ethyl adjacent to an activating group) is 1. The second kappa shape index (κ2) is 4.55. The lowest BCUT2D eigenvalue weighted by molar-refractivity contribution is 0.239. The Morgan fingerprint density at radius 3 is 2.75 bits per heavy atom. The quantitative estimate of drug-likeness (QED) is 0.810. The number of nitrogens with zero attached hydrogens (tertiary/aromatic N) is 3. The van der Waals surface area contributed by atoms with Crippen LogP contribution in [-0.2, 0) is 7.05 Å². The summed E-state index contributed by atoms with van der Waals surface area (Å²) >= 11 is 0. The summed E-state index contributed by atoms with van der Waals surface area (Å²) in [5.41, 5.74) is 8.27. The molecule has 16 heavy (non-hydrogen) atoms. The van der Waals surface area contributed by atoms with Gasteiger partial charge in [-0.1, -0.05) is 0 Å². The van der Waals surface area contributed by atoms with Crippen LogP contribution in [0.3, 0.4) is 0 Å². The van der Waals surface area contributed by atoms with E-state index in [4.69, 9.17) is 5.73 Å². The maximum absolute atomic E-state index is 5.90. The van der Waals surface area contributed by atoms with Gasteiger partial charge in [0.1, 0.15) is 0 Å². The summed E-state index contributed by atoms with van der Waals surface area (Å²) in [5.74, 6) is 0.899. The van der Waals surface area contributed by atoms with Crippen LogP contribution in [0.1, 0.15) is 30.1 Å². The van der Waals surface area contributed by atoms with E-state index in [0.717, 1.165) is 18.2 Å². The number of aromatic nitrogens is 2. The predicted octanol–water partition coefficient (Wildman–Crippen LogP) is 1.07. The van der Waals surface area contributed by atoms with Gasteiger partial charge in [0.25, 0.3) is 0 Å². The number of aryl methyl sites for hydroxylation is 2. The third-order valence-corrected chi connectivity index (χ3v) is 3.41. The maximum Gasteiger partial charge on any atom is 0.0641 e. The standard InChI is InChI=1S/C12H22N4/c1-9-11(8-16(3)14-9)12(6-13)15(2)7-10-4-5-10/h8,10,12H,4-7,13H2,1-3H3. The molecule has 0 spiro atoms. The first-order valence-electron chi connectivity index (χ1n) is 6.02. The van der Waals surface area contributed by atoms with E-state index < -0.39 is 0 Å². The zero-order valence-electron chi connectivity index (χ0n) is 10.5. The van der Waals surface area contributed by atoms with E-state index in [1.54, 1.807) is 0 Å². The van der Waals surface area contributed by atoms with Crippen LogP contribution < -0.4 is 5.73 Å². The zero-order valence-corrected chi connectivity index (χ0v) is 10.5. The van der Waals surface area contributed by atoms with E-state index in [1.165, 1.54) is 18.4 Å². The Labute approximate surface area is 97.4 Å². The Morgan fingerprint density at radius 2 is 2.31 bits per heavy atom. The molecule has 0 amide bonds. The normalized spacial score (nSPS) is 18.1. The van der Waals surface area contributed by atoms with Gasteiger partial charge in [0.2, 0.25) is 0 Å². The number of nitrogens with two attached hydrogens (primary N) is 1. The minimum absolute atomic E-state index is 0.314. The van der Waals surface area contributed by atoms with Crippen molar-refractivity contribution in [1.82, 2.24) is 14.7 Å². The summed E-state index contributed by atoms with van der Waals surface area (Å²) in [6, 6.07) is 0.314. The molecule has 1 heterocycles. The average molecular weight is 222 g/mol. The minimum Gasteiger partial charge on any atom is -0.329 e. The Morgan fingerprint density at radius 1 is 1.62 bits per heavy atom. The van der Waals surface area contributed by atoms with Gasteiger partial charge in [0.15, 0.2) is 0 Å². The van der Waals surface area contributed by atoms with Crippen LogP contribution in [0.4, 0.5) is 0 Å². The summed E-state index contributed by atoms with van der Waals surface area (Å²) in [4.78, 5) is 2.38. The lowest BCUT2D eigenvalue weighted by Crippen LogP contribution is -2.32. The Kier molecular flexibility index (Phi) is 3.30. The first-order chi connectivity index (χ1) is 7.61. The van der Waals surface area contributed by atoms with Crippen molar-refractivity contribution < 1.29 is 0 Å². The molecule has 90 valence electrons. The minimum atomic E-state index is 0.314. The smallest absolute Gasteiger partial charge is 0.0641 e. The van der Waals surface area contributed by atoms with Crippen molar-refractivity contribution in [2.45, 2.75) is 25.8 Å². The summed E-state index contributed by atoms with van der Waals surface area (Å²) < 4.78 is 1.87. The molecule has 1 aliphatic carbocycles. The molecule has 1 aromatic rings. The van der Waals surface area contributed by atoms with Gasteiger partial charge in [-0.3, -0.25) is 9.58 Å². The molecule has 0 saturated heterocycles. The van der Waals surface area contributed by atoms with Crippen molar-refractivity contribution in [3.05, 3.63) is 17.5 Å².